The molecule has 2 N–H and O–H groups in total. The first-order valence-corrected chi connectivity index (χ1v) is 12.5. The number of ether oxygens (including phenoxy) is 1. The predicted molar refractivity (Wildman–Crippen MR) is 134 cm³/mol. The van der Waals surface area contributed by atoms with Crippen LogP contribution in [0.5, 0.6) is 0 Å². The summed E-state index contributed by atoms with van der Waals surface area (Å²) in [6.45, 7) is 6.40. The van der Waals surface area contributed by atoms with Gasteiger partial charge in [-0.25, -0.2) is 4.79 Å². The molecule has 2 atom stereocenters. The van der Waals surface area contributed by atoms with Crippen molar-refractivity contribution in [2.45, 2.75) is 58.4 Å². The zero-order valence-electron chi connectivity index (χ0n) is 20.8. The molecule has 2 aromatic rings. The van der Waals surface area contributed by atoms with Gasteiger partial charge in [0.15, 0.2) is 0 Å². The lowest BCUT2D eigenvalue weighted by atomic mass is 9.66. The number of nitrogens with one attached hydrogen (secondary N) is 1. The van der Waals surface area contributed by atoms with E-state index in [9.17, 15) is 14.4 Å². The van der Waals surface area contributed by atoms with E-state index in [4.69, 9.17) is 9.84 Å². The van der Waals surface area contributed by atoms with E-state index in [2.05, 4.69) is 52.0 Å². The van der Waals surface area contributed by atoms with Gasteiger partial charge in [0.05, 0.1) is 18.7 Å². The fraction of sp³-hybridized carbons (Fsp3) is 0.519. The second-order valence-corrected chi connectivity index (χ2v) is 9.60. The molecule has 0 aliphatic carbocycles. The number of benzene rings is 1. The van der Waals surface area contributed by atoms with Crippen molar-refractivity contribution in [3.8, 4) is 0 Å². The number of nitrogens with zero attached hydrogens (tertiary/aromatic N) is 2. The van der Waals surface area contributed by atoms with Crippen molar-refractivity contribution in [1.29, 1.82) is 0 Å². The molecule has 0 bridgehead atoms. The minimum Gasteiger partial charge on any atom is -0.481 e. The van der Waals surface area contributed by atoms with Gasteiger partial charge in [0, 0.05) is 42.9 Å². The molecule has 4 heterocycles. The van der Waals surface area contributed by atoms with Crippen molar-refractivity contribution < 1.29 is 24.2 Å². The van der Waals surface area contributed by atoms with Crippen LogP contribution in [0.2, 0.25) is 0 Å². The van der Waals surface area contributed by atoms with E-state index in [1.54, 1.807) is 0 Å². The first-order chi connectivity index (χ1) is 16.8. The number of carboxylic acids is 1. The Kier molecular flexibility index (Phi) is 7.31. The molecule has 3 aliphatic heterocycles. The second-order valence-electron chi connectivity index (χ2n) is 9.60. The molecular weight excluding hydrogens is 446 g/mol. The van der Waals surface area contributed by atoms with Crippen LogP contribution in [0, 0.1) is 5.41 Å². The molecule has 0 radical (unpaired) electrons. The predicted octanol–water partition coefficient (Wildman–Crippen LogP) is 3.75. The summed E-state index contributed by atoms with van der Waals surface area (Å²) in [5.74, 6) is -1.17. The third-order valence-corrected chi connectivity index (χ3v) is 7.58. The zero-order valence-corrected chi connectivity index (χ0v) is 20.8. The van der Waals surface area contributed by atoms with E-state index in [1.165, 1.54) is 37.1 Å². The van der Waals surface area contributed by atoms with Crippen molar-refractivity contribution in [3.63, 3.8) is 0 Å². The van der Waals surface area contributed by atoms with Gasteiger partial charge in [0.2, 0.25) is 5.91 Å². The molecule has 0 spiro atoms. The molecule has 0 saturated carbocycles. The number of esters is 1. The molecule has 1 aromatic carbocycles. The topological polar surface area (TPSA) is 101 Å². The Hall–Kier alpha value is -3.13. The second kappa shape index (κ2) is 10.2. The lowest BCUT2D eigenvalue weighted by Gasteiger charge is -2.53. The van der Waals surface area contributed by atoms with E-state index < -0.39 is 5.97 Å². The highest BCUT2D eigenvalue weighted by Crippen LogP contribution is 2.57. The average Bonchev–Trinajstić information content (AvgIpc) is 3.20. The zero-order chi connectivity index (χ0) is 25.2. The van der Waals surface area contributed by atoms with Crippen LogP contribution in [-0.4, -0.2) is 59.2 Å². The molecule has 5 rings (SSSR count). The van der Waals surface area contributed by atoms with E-state index in [0.717, 1.165) is 37.9 Å². The van der Waals surface area contributed by atoms with Gasteiger partial charge in [-0.2, -0.15) is 0 Å². The highest BCUT2D eigenvalue weighted by molar-refractivity contribution is 6.13. The van der Waals surface area contributed by atoms with Gasteiger partial charge in [0.1, 0.15) is 5.70 Å². The third kappa shape index (κ3) is 4.59. The summed E-state index contributed by atoms with van der Waals surface area (Å²) in [7, 11) is 1.49. The smallest absolute Gasteiger partial charge is 0.354 e. The van der Waals surface area contributed by atoms with E-state index in [-0.39, 0.29) is 23.7 Å². The Balaban J connectivity index is 0.000000248. The summed E-state index contributed by atoms with van der Waals surface area (Å²) in [4.78, 5) is 35.5. The third-order valence-electron chi connectivity index (χ3n) is 7.58. The summed E-state index contributed by atoms with van der Waals surface area (Å²) >= 11 is 0. The number of carboxylic acid groups (broad SMARTS) is 1. The Morgan fingerprint density at radius 3 is 2.69 bits per heavy atom. The summed E-state index contributed by atoms with van der Waals surface area (Å²) in [5, 5.41) is 12.0. The first-order valence-electron chi connectivity index (χ1n) is 12.5. The van der Waals surface area contributed by atoms with Crippen molar-refractivity contribution in [3.05, 3.63) is 41.6 Å². The summed E-state index contributed by atoms with van der Waals surface area (Å²) in [6.07, 6.45) is 7.31. The number of amides is 1. The molecule has 1 amide bonds. The number of piperidine rings is 1. The van der Waals surface area contributed by atoms with Gasteiger partial charge in [-0.1, -0.05) is 25.1 Å². The van der Waals surface area contributed by atoms with E-state index in [0.29, 0.717) is 24.7 Å². The number of hydrogen-bond acceptors (Lipinski definition) is 5. The van der Waals surface area contributed by atoms with Gasteiger partial charge < -0.3 is 19.7 Å². The molecule has 1 fully saturated rings. The molecule has 35 heavy (non-hydrogen) atoms. The normalized spacial score (nSPS) is 22.4. The summed E-state index contributed by atoms with van der Waals surface area (Å²) < 4.78 is 7.38. The lowest BCUT2D eigenvalue weighted by Crippen LogP contribution is -2.51. The maximum atomic E-state index is 12.7. The average molecular weight is 482 g/mol. The summed E-state index contributed by atoms with van der Waals surface area (Å²) in [6, 6.07) is 8.89. The molecule has 8 heteroatoms. The van der Waals surface area contributed by atoms with Crippen molar-refractivity contribution in [1.82, 2.24) is 14.8 Å². The molecule has 0 unspecified atom stereocenters. The maximum absolute atomic E-state index is 12.7. The molecule has 3 aliphatic rings. The molecule has 1 aromatic heterocycles. The Morgan fingerprint density at radius 2 is 2.00 bits per heavy atom. The monoisotopic (exact) mass is 481 g/mol. The van der Waals surface area contributed by atoms with Crippen LogP contribution in [0.15, 0.2) is 30.3 Å². The van der Waals surface area contributed by atoms with Crippen molar-refractivity contribution >= 4 is 34.4 Å². The number of carbonyl (C=O) groups is 3. The van der Waals surface area contributed by atoms with Gasteiger partial charge in [-0.15, -0.1) is 0 Å². The van der Waals surface area contributed by atoms with Crippen LogP contribution in [-0.2, 0) is 25.5 Å². The fourth-order valence-electron chi connectivity index (χ4n) is 6.04. The van der Waals surface area contributed by atoms with Gasteiger partial charge in [0.25, 0.3) is 0 Å². The highest BCUT2D eigenvalue weighted by Gasteiger charge is 2.51. The maximum Gasteiger partial charge on any atom is 0.354 e. The van der Waals surface area contributed by atoms with Crippen molar-refractivity contribution in [2.75, 3.05) is 26.7 Å². The Labute approximate surface area is 205 Å². The number of carbonyl (C=O) groups excluding carboxylic acids is 2. The number of hydrogen-bond donors (Lipinski definition) is 2. The largest absolute Gasteiger partial charge is 0.481 e. The molecular formula is C27H35N3O5. The highest BCUT2D eigenvalue weighted by atomic mass is 16.5. The lowest BCUT2D eigenvalue weighted by molar-refractivity contribution is -0.137. The molecule has 8 nitrogen and oxygen atoms in total. The minimum atomic E-state index is -0.828. The molecule has 1 saturated heterocycles. The Morgan fingerprint density at radius 1 is 1.23 bits per heavy atom. The number of para-hydroxylation sites is 1. The van der Waals surface area contributed by atoms with Gasteiger partial charge in [-0.3, -0.25) is 14.5 Å². The number of methoxy groups -OCH3 is 1. The van der Waals surface area contributed by atoms with Gasteiger partial charge >= 0.3 is 11.9 Å². The van der Waals surface area contributed by atoms with Crippen LogP contribution in [0.3, 0.4) is 0 Å². The van der Waals surface area contributed by atoms with E-state index >= 15 is 0 Å². The number of rotatable bonds is 6. The van der Waals surface area contributed by atoms with Crippen molar-refractivity contribution in [2.24, 2.45) is 5.41 Å². The van der Waals surface area contributed by atoms with E-state index in [1.807, 2.05) is 0 Å². The van der Waals surface area contributed by atoms with Gasteiger partial charge in [-0.05, 0) is 56.4 Å². The van der Waals surface area contributed by atoms with Crippen LogP contribution >= 0.6 is 0 Å². The standard InChI is InChI=1S/C21H24N2O2.C6H11NO3/c1-3-21-10-6-11-22-12-9-15-14-7-4-5-8-16(14)23(18(15)19(21)22)17(13-21)20(24)25-2;1-5(8)7-4-2-3-6(9)10/h4-5,7-8,13,19H,3,6,9-12H2,1-2H3;2-4H2,1H3,(H,7,8)(H,9,10)/t19-,21+;/m1./s1. The number of aromatic nitrogens is 1. The fourth-order valence-corrected chi connectivity index (χ4v) is 6.04. The SMILES string of the molecule is CC(=O)NCCCC(=O)O.CC[C@@]12C=C(C(=O)OC)n3c4c(c5ccccc53)CCN(CCC1)[C@H]42. The number of fused-ring (bicyclic) bond motifs is 3. The Bertz CT molecular complexity index is 1150. The number of aliphatic carboxylic acids is 1. The first kappa shape index (κ1) is 25.0. The minimum absolute atomic E-state index is 0.0430. The van der Waals surface area contributed by atoms with Crippen LogP contribution in [0.1, 0.15) is 63.3 Å². The van der Waals surface area contributed by atoms with Crippen LogP contribution in [0.25, 0.3) is 16.6 Å². The molecule has 188 valence electrons. The van der Waals surface area contributed by atoms with Crippen LogP contribution in [0.4, 0.5) is 0 Å². The quantitative estimate of drug-likeness (QED) is 0.482. The van der Waals surface area contributed by atoms with Crippen LogP contribution < -0.4 is 5.32 Å². The summed E-state index contributed by atoms with van der Waals surface area (Å²) in [5.41, 5.74) is 4.67.